The highest BCUT2D eigenvalue weighted by atomic mass is 19.4. The van der Waals surface area contributed by atoms with E-state index < -0.39 is 17.6 Å². The van der Waals surface area contributed by atoms with Gasteiger partial charge in [0.25, 0.3) is 5.91 Å². The maximum Gasteiger partial charge on any atom is 0.416 e. The number of H-pyrrole nitrogens is 1. The van der Waals surface area contributed by atoms with Crippen LogP contribution in [0.4, 0.5) is 23.2 Å². The molecule has 0 spiro atoms. The monoisotopic (exact) mass is 490 g/mol. The molecule has 2 heterocycles. The molecule has 1 amide bonds. The maximum atomic E-state index is 13.4. The average Bonchev–Trinajstić information content (AvgIpc) is 3.33. The number of carbonyl (C=O) groups excluding carboxylic acids is 1. The number of nitrogens with one attached hydrogen (secondary N) is 2. The van der Waals surface area contributed by atoms with Gasteiger partial charge in [0, 0.05) is 29.4 Å². The molecule has 36 heavy (non-hydrogen) atoms. The van der Waals surface area contributed by atoms with Gasteiger partial charge in [-0.1, -0.05) is 18.2 Å². The van der Waals surface area contributed by atoms with Crippen molar-refractivity contribution in [1.82, 2.24) is 15.0 Å². The Morgan fingerprint density at radius 3 is 2.47 bits per heavy atom. The van der Waals surface area contributed by atoms with E-state index in [9.17, 15) is 22.4 Å². The molecule has 0 fully saturated rings. The zero-order valence-corrected chi connectivity index (χ0v) is 18.6. The van der Waals surface area contributed by atoms with Gasteiger partial charge in [-0.15, -0.1) is 0 Å². The van der Waals surface area contributed by atoms with Crippen molar-refractivity contribution < 1.29 is 22.4 Å². The van der Waals surface area contributed by atoms with Gasteiger partial charge in [-0.05, 0) is 66.2 Å². The highest BCUT2D eigenvalue weighted by molar-refractivity contribution is 6.04. The lowest BCUT2D eigenvalue weighted by atomic mass is 10.1. The summed E-state index contributed by atoms with van der Waals surface area (Å²) in [5, 5.41) is 2.64. The minimum absolute atomic E-state index is 0.0968. The van der Waals surface area contributed by atoms with Crippen LogP contribution < -0.4 is 5.32 Å². The summed E-state index contributed by atoms with van der Waals surface area (Å²) >= 11 is 0. The third kappa shape index (κ3) is 4.95. The zero-order valence-electron chi connectivity index (χ0n) is 18.6. The van der Waals surface area contributed by atoms with Gasteiger partial charge >= 0.3 is 6.18 Å². The number of anilines is 1. The van der Waals surface area contributed by atoms with Crippen LogP contribution in [0.15, 0.2) is 85.1 Å². The summed E-state index contributed by atoms with van der Waals surface area (Å²) in [6.07, 6.45) is -2.45. The summed E-state index contributed by atoms with van der Waals surface area (Å²) in [6.45, 7) is 0. The number of amides is 1. The summed E-state index contributed by atoms with van der Waals surface area (Å²) < 4.78 is 52.4. The van der Waals surface area contributed by atoms with Gasteiger partial charge in [0.1, 0.15) is 11.6 Å². The Balaban J connectivity index is 1.39. The first-order valence-electron chi connectivity index (χ1n) is 10.9. The number of hydrogen-bond acceptors (Lipinski definition) is 3. The van der Waals surface area contributed by atoms with Crippen molar-refractivity contribution in [2.45, 2.75) is 12.6 Å². The smallest absolute Gasteiger partial charge is 0.358 e. The minimum Gasteiger partial charge on any atom is -0.358 e. The predicted molar refractivity (Wildman–Crippen MR) is 128 cm³/mol. The highest BCUT2D eigenvalue weighted by Crippen LogP contribution is 2.30. The molecule has 2 aromatic heterocycles. The number of carbonyl (C=O) groups is 1. The number of alkyl halides is 3. The van der Waals surface area contributed by atoms with E-state index in [-0.39, 0.29) is 11.4 Å². The lowest BCUT2D eigenvalue weighted by Gasteiger charge is -2.11. The van der Waals surface area contributed by atoms with Crippen LogP contribution in [0.25, 0.3) is 22.3 Å². The second-order valence-corrected chi connectivity index (χ2v) is 8.14. The van der Waals surface area contributed by atoms with Crippen molar-refractivity contribution in [3.8, 4) is 11.3 Å². The standard InChI is InChI=1S/C27H18F4N4O/c28-20-9-7-17(8-10-20)24-25-22(11-12-32-25)34-23(35-24)14-16-3-1-6-21(13-16)33-26(36)18-4-2-5-19(15-18)27(29,30)31/h1-13,15,32H,14H2,(H,33,36). The normalized spacial score (nSPS) is 11.6. The second-order valence-electron chi connectivity index (χ2n) is 8.14. The van der Waals surface area contributed by atoms with Gasteiger partial charge < -0.3 is 10.3 Å². The van der Waals surface area contributed by atoms with Gasteiger partial charge in [-0.2, -0.15) is 13.2 Å². The van der Waals surface area contributed by atoms with E-state index in [0.717, 1.165) is 28.8 Å². The van der Waals surface area contributed by atoms with E-state index in [1.165, 1.54) is 24.3 Å². The number of nitrogens with zero attached hydrogens (tertiary/aromatic N) is 2. The van der Waals surface area contributed by atoms with Crippen LogP contribution in [0.3, 0.4) is 0 Å². The number of rotatable bonds is 5. The van der Waals surface area contributed by atoms with Crippen LogP contribution >= 0.6 is 0 Å². The average molecular weight is 490 g/mol. The van der Waals surface area contributed by atoms with Gasteiger partial charge in [0.2, 0.25) is 0 Å². The molecule has 0 radical (unpaired) electrons. The molecule has 180 valence electrons. The van der Waals surface area contributed by atoms with E-state index in [0.29, 0.717) is 29.1 Å². The van der Waals surface area contributed by atoms with Crippen LogP contribution in [-0.2, 0) is 12.6 Å². The molecule has 0 aliphatic rings. The SMILES string of the molecule is O=C(Nc1cccc(Cc2nc(-c3ccc(F)cc3)c3[nH]ccc3n2)c1)c1cccc(C(F)(F)F)c1. The van der Waals surface area contributed by atoms with Crippen molar-refractivity contribution >= 4 is 22.6 Å². The molecule has 5 nitrogen and oxygen atoms in total. The van der Waals surface area contributed by atoms with Crippen molar-refractivity contribution in [2.75, 3.05) is 5.32 Å². The molecule has 0 saturated carbocycles. The van der Waals surface area contributed by atoms with E-state index >= 15 is 0 Å². The highest BCUT2D eigenvalue weighted by Gasteiger charge is 2.30. The molecule has 5 rings (SSSR count). The van der Waals surface area contributed by atoms with Gasteiger partial charge in [0.15, 0.2) is 0 Å². The Kier molecular flexibility index (Phi) is 5.97. The summed E-state index contributed by atoms with van der Waals surface area (Å²) in [5.74, 6) is -0.482. The first-order valence-corrected chi connectivity index (χ1v) is 10.9. The molecular weight excluding hydrogens is 472 g/mol. The quantitative estimate of drug-likeness (QED) is 0.272. The molecule has 5 aromatic rings. The van der Waals surface area contributed by atoms with E-state index in [4.69, 9.17) is 0 Å². The van der Waals surface area contributed by atoms with Crippen molar-refractivity contribution in [1.29, 1.82) is 0 Å². The zero-order chi connectivity index (χ0) is 25.3. The fraction of sp³-hybridized carbons (Fsp3) is 0.0741. The van der Waals surface area contributed by atoms with Crippen LogP contribution in [0, 0.1) is 5.82 Å². The third-order valence-corrected chi connectivity index (χ3v) is 5.57. The Hall–Kier alpha value is -4.53. The van der Waals surface area contributed by atoms with Gasteiger partial charge in [0.05, 0.1) is 22.3 Å². The molecular formula is C27H18F4N4O. The van der Waals surface area contributed by atoms with Crippen LogP contribution in [-0.4, -0.2) is 20.9 Å². The Morgan fingerprint density at radius 1 is 0.917 bits per heavy atom. The summed E-state index contributed by atoms with van der Waals surface area (Å²) in [7, 11) is 0. The predicted octanol–water partition coefficient (Wildman–Crippen LogP) is 6.63. The van der Waals surface area contributed by atoms with Crippen LogP contribution in [0.5, 0.6) is 0 Å². The van der Waals surface area contributed by atoms with E-state index in [1.807, 2.05) is 12.1 Å². The summed E-state index contributed by atoms with van der Waals surface area (Å²) in [6, 6.07) is 19.0. The number of aromatic nitrogens is 3. The molecule has 9 heteroatoms. The molecule has 3 aromatic carbocycles. The molecule has 0 atom stereocenters. The summed E-state index contributed by atoms with van der Waals surface area (Å²) in [4.78, 5) is 25.0. The first kappa shape index (κ1) is 23.2. The number of benzene rings is 3. The molecule has 0 unspecified atom stereocenters. The third-order valence-electron chi connectivity index (χ3n) is 5.57. The van der Waals surface area contributed by atoms with Gasteiger partial charge in [-0.25, -0.2) is 14.4 Å². The number of hydrogen-bond donors (Lipinski definition) is 2. The minimum atomic E-state index is -4.54. The molecule has 0 aliphatic heterocycles. The number of fused-ring (bicyclic) bond motifs is 1. The van der Waals surface area contributed by atoms with Crippen molar-refractivity contribution in [3.05, 3.63) is 113 Å². The first-order chi connectivity index (χ1) is 17.3. The fourth-order valence-corrected chi connectivity index (χ4v) is 3.87. The topological polar surface area (TPSA) is 70.7 Å². The van der Waals surface area contributed by atoms with E-state index in [1.54, 1.807) is 36.5 Å². The lowest BCUT2D eigenvalue weighted by molar-refractivity contribution is -0.137. The second kappa shape index (κ2) is 9.26. The summed E-state index contributed by atoms with van der Waals surface area (Å²) in [5.41, 5.74) is 3.02. The van der Waals surface area contributed by atoms with E-state index in [2.05, 4.69) is 20.3 Å². The van der Waals surface area contributed by atoms with Crippen LogP contribution in [0.1, 0.15) is 27.3 Å². The Labute approximate surface area is 202 Å². The maximum absolute atomic E-state index is 13.4. The Bertz CT molecular complexity index is 1560. The molecule has 0 bridgehead atoms. The number of aromatic amines is 1. The molecule has 2 N–H and O–H groups in total. The van der Waals surface area contributed by atoms with Crippen molar-refractivity contribution in [3.63, 3.8) is 0 Å². The van der Waals surface area contributed by atoms with Crippen LogP contribution in [0.2, 0.25) is 0 Å². The molecule has 0 aliphatic carbocycles. The molecule has 0 saturated heterocycles. The lowest BCUT2D eigenvalue weighted by Crippen LogP contribution is -2.14. The fourth-order valence-electron chi connectivity index (χ4n) is 3.87. The number of halogens is 4. The Morgan fingerprint density at radius 2 is 1.69 bits per heavy atom. The van der Waals surface area contributed by atoms with Crippen molar-refractivity contribution in [2.24, 2.45) is 0 Å². The van der Waals surface area contributed by atoms with Gasteiger partial charge in [-0.3, -0.25) is 4.79 Å². The largest absolute Gasteiger partial charge is 0.416 e.